The predicted molar refractivity (Wildman–Crippen MR) is 262 cm³/mol. The van der Waals surface area contributed by atoms with Crippen LogP contribution >= 0.6 is 0 Å². The normalized spacial score (nSPS) is 11.9. The zero-order valence-corrected chi connectivity index (χ0v) is 34.8. The molecule has 4 heteroatoms. The highest BCUT2D eigenvalue weighted by atomic mass is 28.3. The molecule has 0 saturated carbocycles. The molecule has 0 N–H and O–H groups in total. The van der Waals surface area contributed by atoms with Crippen molar-refractivity contribution in [2.75, 3.05) is 4.90 Å². The zero-order chi connectivity index (χ0) is 41.0. The molecule has 0 amide bonds. The van der Waals surface area contributed by atoms with Crippen molar-refractivity contribution in [3.05, 3.63) is 237 Å². The summed E-state index contributed by atoms with van der Waals surface area (Å²) >= 11 is 0. The van der Waals surface area contributed by atoms with Crippen molar-refractivity contribution < 1.29 is 8.83 Å². The number of fused-ring (bicyclic) bond motifs is 8. The summed E-state index contributed by atoms with van der Waals surface area (Å²) < 4.78 is 13.4. The van der Waals surface area contributed by atoms with Crippen LogP contribution in [0.3, 0.4) is 0 Å². The number of hydrogen-bond acceptors (Lipinski definition) is 3. The Labute approximate surface area is 360 Å². The van der Waals surface area contributed by atoms with Gasteiger partial charge in [0.05, 0.1) is 11.1 Å². The summed E-state index contributed by atoms with van der Waals surface area (Å²) in [7, 11) is -2.75. The van der Waals surface area contributed by atoms with Crippen LogP contribution in [0.25, 0.3) is 65.8 Å². The summed E-state index contributed by atoms with van der Waals surface area (Å²) in [6.45, 7) is 0. The van der Waals surface area contributed by atoms with Crippen LogP contribution in [0, 0.1) is 0 Å². The van der Waals surface area contributed by atoms with Crippen LogP contribution in [0.4, 0.5) is 17.1 Å². The molecule has 62 heavy (non-hydrogen) atoms. The Bertz CT molecular complexity index is 3460. The molecule has 10 aromatic carbocycles. The number of hydrogen-bond donors (Lipinski definition) is 0. The van der Waals surface area contributed by atoms with Crippen molar-refractivity contribution in [1.82, 2.24) is 0 Å². The summed E-state index contributed by atoms with van der Waals surface area (Å²) in [5.74, 6) is 0. The number of rotatable bonds is 8. The van der Waals surface area contributed by atoms with Crippen LogP contribution in [0.2, 0.25) is 0 Å². The maximum Gasteiger partial charge on any atom is 0.180 e. The largest absolute Gasteiger partial charge is 0.452 e. The number of anilines is 3. The van der Waals surface area contributed by atoms with E-state index in [-0.39, 0.29) is 0 Å². The van der Waals surface area contributed by atoms with Gasteiger partial charge in [-0.3, -0.25) is 0 Å². The maximum absolute atomic E-state index is 6.77. The van der Waals surface area contributed by atoms with Crippen LogP contribution in [-0.2, 0) is 0 Å². The minimum absolute atomic E-state index is 0.743. The molecule has 0 aliphatic carbocycles. The molecule has 0 saturated heterocycles. The van der Waals surface area contributed by atoms with Crippen LogP contribution in [0.1, 0.15) is 0 Å². The predicted octanol–water partition coefficient (Wildman–Crippen LogP) is 13.2. The molecule has 0 fully saturated rings. The molecule has 0 bridgehead atoms. The van der Waals surface area contributed by atoms with Crippen molar-refractivity contribution in [2.45, 2.75) is 0 Å². The van der Waals surface area contributed by atoms with Crippen LogP contribution < -0.4 is 25.6 Å². The Hall–Kier alpha value is -7.92. The van der Waals surface area contributed by atoms with Crippen molar-refractivity contribution in [2.24, 2.45) is 0 Å². The zero-order valence-electron chi connectivity index (χ0n) is 33.8. The van der Waals surface area contributed by atoms with Gasteiger partial charge in [-0.15, -0.1) is 0 Å². The van der Waals surface area contributed by atoms with Crippen LogP contribution in [0.15, 0.2) is 245 Å². The Kier molecular flexibility index (Phi) is 8.51. The van der Waals surface area contributed by atoms with Crippen molar-refractivity contribution in [3.63, 3.8) is 0 Å². The molecule has 12 aromatic rings. The van der Waals surface area contributed by atoms with E-state index in [4.69, 9.17) is 8.83 Å². The Morgan fingerprint density at radius 2 is 0.790 bits per heavy atom. The van der Waals surface area contributed by atoms with Crippen molar-refractivity contribution in [1.29, 1.82) is 0 Å². The summed E-state index contributed by atoms with van der Waals surface area (Å²) in [6, 6.07) is 85.8. The quantitative estimate of drug-likeness (QED) is 0.113. The second-order valence-electron chi connectivity index (χ2n) is 16.0. The van der Waals surface area contributed by atoms with E-state index in [0.29, 0.717) is 0 Å². The van der Waals surface area contributed by atoms with E-state index in [1.807, 2.05) is 24.3 Å². The highest BCUT2D eigenvalue weighted by Crippen LogP contribution is 2.48. The molecule has 0 atom stereocenters. The smallest absolute Gasteiger partial charge is 0.180 e. The third-order valence-corrected chi connectivity index (χ3v) is 17.4. The first kappa shape index (κ1) is 36.0. The molecule has 292 valence electrons. The molecule has 0 aliphatic rings. The number of furan rings is 2. The summed E-state index contributed by atoms with van der Waals surface area (Å²) in [4.78, 5) is 2.40. The van der Waals surface area contributed by atoms with Crippen molar-refractivity contribution >= 4 is 101 Å². The van der Waals surface area contributed by atoms with Crippen LogP contribution in [-0.4, -0.2) is 8.07 Å². The van der Waals surface area contributed by atoms with Crippen LogP contribution in [0.5, 0.6) is 0 Å². The molecule has 12 rings (SSSR count). The monoisotopic (exact) mass is 809 g/mol. The number of benzene rings is 10. The molecule has 2 aromatic heterocycles. The summed E-state index contributed by atoms with van der Waals surface area (Å²) in [5.41, 5.74) is 8.61. The Morgan fingerprint density at radius 3 is 1.42 bits per heavy atom. The highest BCUT2D eigenvalue weighted by Gasteiger charge is 2.41. The van der Waals surface area contributed by atoms with Gasteiger partial charge >= 0.3 is 0 Å². The molecular formula is C58H39NO2Si. The van der Waals surface area contributed by atoms with Gasteiger partial charge in [0.2, 0.25) is 0 Å². The van der Waals surface area contributed by atoms with E-state index in [1.54, 1.807) is 0 Å². The third kappa shape index (κ3) is 5.72. The molecule has 0 spiro atoms. The number of para-hydroxylation sites is 2. The lowest BCUT2D eigenvalue weighted by molar-refractivity contribution is 0.633. The molecule has 0 radical (unpaired) electrons. The molecule has 0 aliphatic heterocycles. The lowest BCUT2D eigenvalue weighted by Gasteiger charge is -2.35. The average Bonchev–Trinajstić information content (AvgIpc) is 3.93. The van der Waals surface area contributed by atoms with Crippen molar-refractivity contribution in [3.8, 4) is 11.1 Å². The lowest BCUT2D eigenvalue weighted by Crippen LogP contribution is -2.74. The van der Waals surface area contributed by atoms with E-state index in [0.717, 1.165) is 66.5 Å². The average molecular weight is 810 g/mol. The first-order chi connectivity index (χ1) is 30.7. The van der Waals surface area contributed by atoms with E-state index < -0.39 is 8.07 Å². The van der Waals surface area contributed by atoms with Gasteiger partial charge in [0, 0.05) is 27.5 Å². The first-order valence-electron chi connectivity index (χ1n) is 21.2. The molecule has 0 unspecified atom stereocenters. The minimum atomic E-state index is -2.75. The van der Waals surface area contributed by atoms with Gasteiger partial charge in [0.25, 0.3) is 0 Å². The molecular weight excluding hydrogens is 771 g/mol. The fourth-order valence-corrected chi connectivity index (χ4v) is 14.5. The van der Waals surface area contributed by atoms with Gasteiger partial charge in [0.1, 0.15) is 11.2 Å². The second-order valence-corrected chi connectivity index (χ2v) is 19.8. The summed E-state index contributed by atoms with van der Waals surface area (Å²) in [5, 5.41) is 11.9. The standard InChI is InChI=1S/C58H39NO2Si/c1-4-18-46(19-5-1)62(47-20-6-2-7-21-47,48-22-8-3-9-23-48)49-36-34-45(35-37-49)59(44-32-30-41(31-33-44)43-29-28-40-16-10-11-17-42(40)38-43)53-39-52-50-24-12-14-26-54(50)60-57(52)58-56(53)51-25-13-15-27-55(51)61-58/h1-39H. The Morgan fingerprint density at radius 1 is 0.323 bits per heavy atom. The van der Waals surface area contributed by atoms with Gasteiger partial charge < -0.3 is 13.7 Å². The van der Waals surface area contributed by atoms with E-state index in [2.05, 4.69) is 217 Å². The third-order valence-electron chi connectivity index (χ3n) is 12.6. The molecule has 2 heterocycles. The SMILES string of the molecule is c1ccc([Si](c2ccccc2)(c2ccccc2)c2ccc(N(c3ccc(-c4ccc5ccccc5c4)cc3)c3cc4c5ccccc5oc4c4oc5ccccc5c34)cc2)cc1. The fraction of sp³-hybridized carbons (Fsp3) is 0. The summed E-state index contributed by atoms with van der Waals surface area (Å²) in [6.07, 6.45) is 0. The van der Waals surface area contributed by atoms with E-state index in [9.17, 15) is 0 Å². The second kappa shape index (κ2) is 14.7. The Balaban J connectivity index is 1.10. The van der Waals surface area contributed by atoms with Gasteiger partial charge in [-0.05, 0) is 91.2 Å². The van der Waals surface area contributed by atoms with Gasteiger partial charge in [0.15, 0.2) is 19.2 Å². The lowest BCUT2D eigenvalue weighted by atomic mass is 10.0. The topological polar surface area (TPSA) is 29.5 Å². The number of nitrogens with zero attached hydrogens (tertiary/aromatic N) is 1. The van der Waals surface area contributed by atoms with E-state index >= 15 is 0 Å². The van der Waals surface area contributed by atoms with Gasteiger partial charge in [-0.2, -0.15) is 0 Å². The van der Waals surface area contributed by atoms with E-state index in [1.165, 1.54) is 37.1 Å². The molecule has 3 nitrogen and oxygen atoms in total. The van der Waals surface area contributed by atoms with Gasteiger partial charge in [-0.25, -0.2) is 0 Å². The highest BCUT2D eigenvalue weighted by molar-refractivity contribution is 7.19. The maximum atomic E-state index is 6.77. The fourth-order valence-electron chi connectivity index (χ4n) is 9.75. The first-order valence-corrected chi connectivity index (χ1v) is 23.2. The van der Waals surface area contributed by atoms with Gasteiger partial charge in [-0.1, -0.05) is 188 Å². The minimum Gasteiger partial charge on any atom is -0.452 e.